The Morgan fingerprint density at radius 3 is 2.18 bits per heavy atom. The minimum absolute atomic E-state index is 0.133. The summed E-state index contributed by atoms with van der Waals surface area (Å²) in [5.74, 6) is -2.37. The van der Waals surface area contributed by atoms with Crippen LogP contribution in [-0.4, -0.2) is 26.4 Å². The van der Waals surface area contributed by atoms with Crippen LogP contribution >= 0.6 is 0 Å². The lowest BCUT2D eigenvalue weighted by Crippen LogP contribution is -2.39. The molecule has 0 aliphatic carbocycles. The first kappa shape index (κ1) is 19.0. The van der Waals surface area contributed by atoms with Crippen molar-refractivity contribution < 1.29 is 19.4 Å². The molecule has 0 atom stereocenters. The monoisotopic (exact) mass is 380 g/mol. The van der Waals surface area contributed by atoms with Crippen LogP contribution in [0, 0.1) is 0 Å². The molecule has 8 nitrogen and oxygen atoms in total. The molecule has 142 valence electrons. The number of rotatable bonds is 7. The van der Waals surface area contributed by atoms with Gasteiger partial charge in [-0.1, -0.05) is 60.7 Å². The second kappa shape index (κ2) is 8.28. The van der Waals surface area contributed by atoms with Crippen molar-refractivity contribution in [3.05, 3.63) is 104 Å². The second-order valence-electron chi connectivity index (χ2n) is 5.87. The van der Waals surface area contributed by atoms with E-state index >= 15 is 0 Å². The molecule has 0 unspecified atom stereocenters. The maximum absolute atomic E-state index is 12.9. The molecule has 8 heteroatoms. The van der Waals surface area contributed by atoms with Gasteiger partial charge >= 0.3 is 11.7 Å². The molecule has 3 aromatic rings. The summed E-state index contributed by atoms with van der Waals surface area (Å²) in [6, 6.07) is 16.9. The quantitative estimate of drug-likeness (QED) is 0.602. The number of nitrogens with zero attached hydrogens (tertiary/aromatic N) is 1. The molecule has 1 heterocycles. The highest BCUT2D eigenvalue weighted by molar-refractivity contribution is 6.12. The third kappa shape index (κ3) is 3.97. The number of ketones is 1. The highest BCUT2D eigenvalue weighted by Crippen LogP contribution is 2.12. The van der Waals surface area contributed by atoms with Gasteiger partial charge in [0.05, 0.1) is 6.61 Å². The van der Waals surface area contributed by atoms with Crippen molar-refractivity contribution in [1.82, 2.24) is 9.55 Å². The zero-order valence-corrected chi connectivity index (χ0v) is 14.6. The fourth-order valence-electron chi connectivity index (χ4n) is 2.68. The summed E-state index contributed by atoms with van der Waals surface area (Å²) in [7, 11) is 0. The molecule has 2 N–H and O–H groups in total. The van der Waals surface area contributed by atoms with E-state index in [1.165, 1.54) is 12.1 Å². The van der Waals surface area contributed by atoms with E-state index < -0.39 is 41.0 Å². The largest absolute Gasteiger partial charge is 0.477 e. The van der Waals surface area contributed by atoms with E-state index in [2.05, 4.69) is 0 Å². The number of carboxylic acid groups (broad SMARTS) is 1. The topological polar surface area (TPSA) is 118 Å². The third-order valence-corrected chi connectivity index (χ3v) is 4.00. The van der Waals surface area contributed by atoms with Gasteiger partial charge in [0.15, 0.2) is 5.56 Å². The third-order valence-electron chi connectivity index (χ3n) is 4.00. The van der Waals surface area contributed by atoms with Crippen molar-refractivity contribution in [2.45, 2.75) is 13.3 Å². The molecular formula is C20H16N2O6. The lowest BCUT2D eigenvalue weighted by molar-refractivity contribution is 0.0563. The van der Waals surface area contributed by atoms with Crippen LogP contribution in [0.15, 0.2) is 70.3 Å². The number of carboxylic acids is 1. The maximum atomic E-state index is 12.9. The molecule has 3 rings (SSSR count). The number of carbonyl (C=O) groups is 2. The zero-order chi connectivity index (χ0) is 20.1. The van der Waals surface area contributed by atoms with Crippen molar-refractivity contribution in [3.63, 3.8) is 0 Å². The fraction of sp³-hybridized carbons (Fsp3) is 0.100. The summed E-state index contributed by atoms with van der Waals surface area (Å²) in [5.41, 5.74) is -2.43. The van der Waals surface area contributed by atoms with Gasteiger partial charge in [0.1, 0.15) is 12.4 Å². The average Bonchev–Trinajstić information content (AvgIpc) is 2.69. The maximum Gasteiger partial charge on any atom is 0.343 e. The van der Waals surface area contributed by atoms with E-state index in [9.17, 15) is 24.3 Å². The lowest BCUT2D eigenvalue weighted by Gasteiger charge is -2.14. The summed E-state index contributed by atoms with van der Waals surface area (Å²) >= 11 is 0. The van der Waals surface area contributed by atoms with E-state index in [0.29, 0.717) is 0 Å². The Kier molecular flexibility index (Phi) is 5.61. The van der Waals surface area contributed by atoms with Crippen LogP contribution in [0.3, 0.4) is 0 Å². The summed E-state index contributed by atoms with van der Waals surface area (Å²) in [6.45, 7) is -0.271. The average molecular weight is 380 g/mol. The Morgan fingerprint density at radius 1 is 0.964 bits per heavy atom. The number of nitrogens with one attached hydrogen (secondary N) is 1. The van der Waals surface area contributed by atoms with Crippen molar-refractivity contribution in [3.8, 4) is 0 Å². The molecule has 0 fully saturated rings. The smallest absolute Gasteiger partial charge is 0.343 e. The van der Waals surface area contributed by atoms with E-state index in [1.54, 1.807) is 18.2 Å². The van der Waals surface area contributed by atoms with Gasteiger partial charge < -0.3 is 9.84 Å². The Bertz CT molecular complexity index is 1120. The predicted molar refractivity (Wildman–Crippen MR) is 99.4 cm³/mol. The first-order chi connectivity index (χ1) is 13.5. The van der Waals surface area contributed by atoms with Crippen molar-refractivity contribution in [2.24, 2.45) is 0 Å². The number of aromatic nitrogens is 2. The first-order valence-corrected chi connectivity index (χ1v) is 8.31. The number of benzene rings is 2. The molecule has 0 radical (unpaired) electrons. The molecule has 0 bridgehead atoms. The van der Waals surface area contributed by atoms with E-state index in [0.717, 1.165) is 10.1 Å². The SMILES string of the molecule is O=C(O)c1c(C(=O)c2ccccc2)n(COCc2ccccc2)c(=O)[nH]c1=O. The normalized spacial score (nSPS) is 10.6. The number of carbonyl (C=O) groups excluding carboxylic acids is 1. The summed E-state index contributed by atoms with van der Waals surface area (Å²) < 4.78 is 6.31. The highest BCUT2D eigenvalue weighted by atomic mass is 16.5. The van der Waals surface area contributed by atoms with Crippen molar-refractivity contribution in [2.75, 3.05) is 0 Å². The van der Waals surface area contributed by atoms with Crippen LogP contribution in [0.2, 0.25) is 0 Å². The number of ether oxygens (including phenoxy) is 1. The minimum Gasteiger partial charge on any atom is -0.477 e. The van der Waals surface area contributed by atoms with E-state index in [-0.39, 0.29) is 12.2 Å². The number of aromatic amines is 1. The van der Waals surface area contributed by atoms with Crippen LogP contribution in [-0.2, 0) is 18.1 Å². The van der Waals surface area contributed by atoms with E-state index in [4.69, 9.17) is 4.74 Å². The minimum atomic E-state index is -1.61. The Hall–Kier alpha value is -3.78. The van der Waals surface area contributed by atoms with Gasteiger partial charge in [-0.3, -0.25) is 19.1 Å². The van der Waals surface area contributed by atoms with Crippen molar-refractivity contribution >= 4 is 11.8 Å². The Labute approximate surface area is 158 Å². The van der Waals surface area contributed by atoms with Crippen LogP contribution in [0.4, 0.5) is 0 Å². The molecule has 0 saturated heterocycles. The molecule has 1 aromatic heterocycles. The second-order valence-corrected chi connectivity index (χ2v) is 5.87. The van der Waals surface area contributed by atoms with Crippen LogP contribution in [0.5, 0.6) is 0 Å². The fourth-order valence-corrected chi connectivity index (χ4v) is 2.68. The first-order valence-electron chi connectivity index (χ1n) is 8.31. The van der Waals surface area contributed by atoms with Gasteiger partial charge in [-0.2, -0.15) is 0 Å². The molecule has 0 saturated carbocycles. The number of aromatic carboxylic acids is 1. The molecule has 0 aliphatic heterocycles. The van der Waals surface area contributed by atoms with Gasteiger partial charge in [0, 0.05) is 5.56 Å². The number of hydrogen-bond donors (Lipinski definition) is 2. The zero-order valence-electron chi connectivity index (χ0n) is 14.6. The number of hydrogen-bond acceptors (Lipinski definition) is 5. The molecule has 28 heavy (non-hydrogen) atoms. The molecular weight excluding hydrogens is 364 g/mol. The lowest BCUT2D eigenvalue weighted by atomic mass is 10.0. The molecule has 0 spiro atoms. The van der Waals surface area contributed by atoms with Gasteiger partial charge in [-0.05, 0) is 5.56 Å². The van der Waals surface area contributed by atoms with Crippen LogP contribution in [0.1, 0.15) is 32.0 Å². The highest BCUT2D eigenvalue weighted by Gasteiger charge is 2.26. The van der Waals surface area contributed by atoms with Crippen LogP contribution < -0.4 is 11.2 Å². The standard InChI is InChI=1S/C20H16N2O6/c23-17(14-9-5-2-6-10-14)16-15(19(25)26)18(24)21-20(27)22(16)12-28-11-13-7-3-1-4-8-13/h1-10H,11-12H2,(H,25,26)(H,21,24,27). The molecule has 2 aromatic carbocycles. The predicted octanol–water partition coefficient (Wildman–Crippen LogP) is 1.64. The Balaban J connectivity index is 2.04. The number of H-pyrrole nitrogens is 1. The summed E-state index contributed by atoms with van der Waals surface area (Å²) in [4.78, 5) is 50.8. The van der Waals surface area contributed by atoms with Crippen molar-refractivity contribution in [1.29, 1.82) is 0 Å². The van der Waals surface area contributed by atoms with Gasteiger partial charge in [0.25, 0.3) is 5.56 Å². The molecule has 0 aliphatic rings. The van der Waals surface area contributed by atoms with Crippen LogP contribution in [0.25, 0.3) is 0 Å². The van der Waals surface area contributed by atoms with Gasteiger partial charge in [0.2, 0.25) is 5.78 Å². The van der Waals surface area contributed by atoms with Gasteiger partial charge in [-0.15, -0.1) is 0 Å². The summed E-state index contributed by atoms with van der Waals surface area (Å²) in [6.07, 6.45) is 0. The van der Waals surface area contributed by atoms with E-state index in [1.807, 2.05) is 35.3 Å². The molecule has 0 amide bonds. The van der Waals surface area contributed by atoms with Gasteiger partial charge in [-0.25, -0.2) is 9.59 Å². The summed E-state index contributed by atoms with van der Waals surface area (Å²) in [5, 5.41) is 9.43. The Morgan fingerprint density at radius 2 is 1.57 bits per heavy atom.